The molecule has 2 rings (SSSR count). The molecular formula is C14H27NO. The van der Waals surface area contributed by atoms with Crippen LogP contribution in [0.25, 0.3) is 0 Å². The molecule has 94 valence electrons. The highest BCUT2D eigenvalue weighted by Crippen LogP contribution is 2.47. The molecule has 0 aromatic carbocycles. The van der Waals surface area contributed by atoms with Crippen LogP contribution in [0, 0.1) is 5.41 Å². The van der Waals surface area contributed by atoms with Gasteiger partial charge < -0.3 is 4.74 Å². The monoisotopic (exact) mass is 225 g/mol. The average molecular weight is 225 g/mol. The van der Waals surface area contributed by atoms with Crippen molar-refractivity contribution in [2.24, 2.45) is 5.41 Å². The molecule has 2 saturated heterocycles. The summed E-state index contributed by atoms with van der Waals surface area (Å²) in [5.41, 5.74) is 0.828. The summed E-state index contributed by atoms with van der Waals surface area (Å²) in [7, 11) is 0. The summed E-state index contributed by atoms with van der Waals surface area (Å²) < 4.78 is 6.07. The van der Waals surface area contributed by atoms with Gasteiger partial charge in [-0.15, -0.1) is 0 Å². The Kier molecular flexibility index (Phi) is 2.87. The van der Waals surface area contributed by atoms with E-state index in [9.17, 15) is 0 Å². The maximum absolute atomic E-state index is 6.07. The lowest BCUT2D eigenvalue weighted by Crippen LogP contribution is -2.44. The molecule has 0 aromatic heterocycles. The Balaban J connectivity index is 2.05. The van der Waals surface area contributed by atoms with Crippen molar-refractivity contribution in [2.45, 2.75) is 65.0 Å². The van der Waals surface area contributed by atoms with Crippen LogP contribution in [0.2, 0.25) is 0 Å². The van der Waals surface area contributed by atoms with E-state index in [2.05, 4.69) is 39.5 Å². The maximum Gasteiger partial charge on any atom is 0.0657 e. The molecule has 0 radical (unpaired) electrons. The zero-order valence-electron chi connectivity index (χ0n) is 11.6. The first-order chi connectivity index (χ1) is 7.23. The van der Waals surface area contributed by atoms with Crippen LogP contribution in [0.15, 0.2) is 0 Å². The predicted octanol–water partition coefficient (Wildman–Crippen LogP) is 3.07. The third-order valence-electron chi connectivity index (χ3n) is 3.94. The number of fused-ring (bicyclic) bond motifs is 1. The average Bonchev–Trinajstić information content (AvgIpc) is 2.52. The first kappa shape index (κ1) is 12.4. The number of ether oxygens (including phenoxy) is 1. The lowest BCUT2D eigenvalue weighted by atomic mass is 9.82. The molecule has 0 N–H and O–H groups in total. The van der Waals surface area contributed by atoms with Gasteiger partial charge in [0.15, 0.2) is 0 Å². The molecule has 0 amide bonds. The molecule has 2 heterocycles. The van der Waals surface area contributed by atoms with Crippen LogP contribution in [0.4, 0.5) is 0 Å². The van der Waals surface area contributed by atoms with Gasteiger partial charge in [0.05, 0.1) is 12.2 Å². The Hall–Kier alpha value is -0.0800. The predicted molar refractivity (Wildman–Crippen MR) is 67.6 cm³/mol. The Morgan fingerprint density at radius 2 is 1.94 bits per heavy atom. The van der Waals surface area contributed by atoms with Gasteiger partial charge in [-0.25, -0.2) is 0 Å². The van der Waals surface area contributed by atoms with Crippen LogP contribution in [0.3, 0.4) is 0 Å². The fourth-order valence-corrected chi connectivity index (χ4v) is 3.47. The fourth-order valence-electron chi connectivity index (χ4n) is 3.47. The summed E-state index contributed by atoms with van der Waals surface area (Å²) in [4.78, 5) is 2.68. The van der Waals surface area contributed by atoms with Gasteiger partial charge in [0.25, 0.3) is 0 Å². The van der Waals surface area contributed by atoms with Crippen molar-refractivity contribution in [3.8, 4) is 0 Å². The smallest absolute Gasteiger partial charge is 0.0657 e. The lowest BCUT2D eigenvalue weighted by Gasteiger charge is -2.35. The summed E-state index contributed by atoms with van der Waals surface area (Å²) in [6, 6.07) is 0. The van der Waals surface area contributed by atoms with Crippen molar-refractivity contribution in [1.82, 2.24) is 4.90 Å². The summed E-state index contributed by atoms with van der Waals surface area (Å²) in [6.07, 6.45) is 3.98. The van der Waals surface area contributed by atoms with E-state index >= 15 is 0 Å². The van der Waals surface area contributed by atoms with E-state index in [-0.39, 0.29) is 5.60 Å². The van der Waals surface area contributed by atoms with Crippen LogP contribution >= 0.6 is 0 Å². The van der Waals surface area contributed by atoms with Crippen LogP contribution in [0.1, 0.15) is 53.9 Å². The lowest BCUT2D eigenvalue weighted by molar-refractivity contribution is -0.0527. The van der Waals surface area contributed by atoms with E-state index in [0.717, 1.165) is 6.61 Å². The maximum atomic E-state index is 6.07. The summed E-state index contributed by atoms with van der Waals surface area (Å²) in [6.45, 7) is 14.7. The molecule has 16 heavy (non-hydrogen) atoms. The first-order valence-corrected chi connectivity index (χ1v) is 6.62. The van der Waals surface area contributed by atoms with Gasteiger partial charge in [0, 0.05) is 12.1 Å². The van der Waals surface area contributed by atoms with Crippen molar-refractivity contribution in [3.63, 3.8) is 0 Å². The van der Waals surface area contributed by atoms with Gasteiger partial charge in [-0.05, 0) is 52.0 Å². The number of nitrogens with zero attached hydrogens (tertiary/aromatic N) is 1. The standard InChI is InChI=1S/C14H27NO/c1-12(2,3)16-11-14-7-6-8-15(14)10-13(4,5)9-14/h6-11H2,1-5H3. The van der Waals surface area contributed by atoms with Crippen molar-refractivity contribution in [2.75, 3.05) is 19.7 Å². The highest BCUT2D eigenvalue weighted by Gasteiger charge is 2.51. The number of hydrogen-bond donors (Lipinski definition) is 0. The number of hydrogen-bond acceptors (Lipinski definition) is 2. The van der Waals surface area contributed by atoms with Gasteiger partial charge in [-0.1, -0.05) is 13.8 Å². The minimum absolute atomic E-state index is 0.00422. The summed E-state index contributed by atoms with van der Waals surface area (Å²) in [5.74, 6) is 0. The van der Waals surface area contributed by atoms with Gasteiger partial charge in [-0.2, -0.15) is 0 Å². The Morgan fingerprint density at radius 3 is 2.56 bits per heavy atom. The van der Waals surface area contributed by atoms with Crippen molar-refractivity contribution >= 4 is 0 Å². The van der Waals surface area contributed by atoms with E-state index in [0.29, 0.717) is 11.0 Å². The molecule has 1 atom stereocenters. The van der Waals surface area contributed by atoms with E-state index in [1.807, 2.05) is 0 Å². The Bertz CT molecular complexity index is 266. The second kappa shape index (κ2) is 3.71. The van der Waals surface area contributed by atoms with E-state index in [4.69, 9.17) is 4.74 Å². The molecule has 0 aromatic rings. The summed E-state index contributed by atoms with van der Waals surface area (Å²) >= 11 is 0. The van der Waals surface area contributed by atoms with E-state index in [1.54, 1.807) is 0 Å². The van der Waals surface area contributed by atoms with Gasteiger partial charge in [0.1, 0.15) is 0 Å². The quantitative estimate of drug-likeness (QED) is 0.716. The largest absolute Gasteiger partial charge is 0.374 e. The molecule has 0 aliphatic carbocycles. The second-order valence-electron chi connectivity index (χ2n) is 7.49. The van der Waals surface area contributed by atoms with Crippen LogP contribution in [0.5, 0.6) is 0 Å². The molecular weight excluding hydrogens is 198 g/mol. The third-order valence-corrected chi connectivity index (χ3v) is 3.94. The highest BCUT2D eigenvalue weighted by atomic mass is 16.5. The molecule has 2 fully saturated rings. The Morgan fingerprint density at radius 1 is 1.25 bits per heavy atom. The first-order valence-electron chi connectivity index (χ1n) is 6.62. The highest BCUT2D eigenvalue weighted by molar-refractivity contribution is 5.06. The van der Waals surface area contributed by atoms with Gasteiger partial charge in [-0.3, -0.25) is 4.90 Å². The molecule has 2 nitrogen and oxygen atoms in total. The van der Waals surface area contributed by atoms with Gasteiger partial charge >= 0.3 is 0 Å². The number of rotatable bonds is 2. The van der Waals surface area contributed by atoms with Crippen LogP contribution in [-0.2, 0) is 4.74 Å². The van der Waals surface area contributed by atoms with Crippen molar-refractivity contribution < 1.29 is 4.74 Å². The minimum atomic E-state index is -0.00422. The molecule has 2 heteroatoms. The topological polar surface area (TPSA) is 12.5 Å². The van der Waals surface area contributed by atoms with Crippen molar-refractivity contribution in [3.05, 3.63) is 0 Å². The Labute approximate surface area is 100 Å². The normalized spacial score (nSPS) is 34.3. The van der Waals surface area contributed by atoms with Crippen LogP contribution < -0.4 is 0 Å². The van der Waals surface area contributed by atoms with Crippen LogP contribution in [-0.4, -0.2) is 35.7 Å². The molecule has 2 aliphatic rings. The van der Waals surface area contributed by atoms with Gasteiger partial charge in [0.2, 0.25) is 0 Å². The molecule has 2 aliphatic heterocycles. The SMILES string of the molecule is CC1(C)CN2CCCC2(COC(C)(C)C)C1. The summed E-state index contributed by atoms with van der Waals surface area (Å²) in [5, 5.41) is 0. The second-order valence-corrected chi connectivity index (χ2v) is 7.49. The minimum Gasteiger partial charge on any atom is -0.374 e. The zero-order valence-corrected chi connectivity index (χ0v) is 11.6. The van der Waals surface area contributed by atoms with E-state index < -0.39 is 0 Å². The zero-order chi connectivity index (χ0) is 12.0. The third kappa shape index (κ3) is 2.43. The molecule has 0 bridgehead atoms. The molecule has 0 spiro atoms. The van der Waals surface area contributed by atoms with Crippen molar-refractivity contribution in [1.29, 1.82) is 0 Å². The van der Waals surface area contributed by atoms with E-state index in [1.165, 1.54) is 32.4 Å². The molecule has 1 unspecified atom stereocenters. The molecule has 0 saturated carbocycles. The fraction of sp³-hybridized carbons (Fsp3) is 1.00.